The monoisotopic (exact) mass is 535 g/mol. The fourth-order valence-electron chi connectivity index (χ4n) is 4.69. The fraction of sp³-hybridized carbons (Fsp3) is 0.417. The molecule has 0 radical (unpaired) electrons. The lowest BCUT2D eigenvalue weighted by Gasteiger charge is -2.29. The van der Waals surface area contributed by atoms with Crippen molar-refractivity contribution >= 4 is 16.7 Å². The number of alkyl halides is 3. The molecule has 1 atom stereocenters. The van der Waals surface area contributed by atoms with E-state index in [0.29, 0.717) is 48.8 Å². The van der Waals surface area contributed by atoms with Crippen molar-refractivity contribution in [3.05, 3.63) is 48.3 Å². The topological polar surface area (TPSA) is 137 Å². The second-order valence-electron chi connectivity index (χ2n) is 9.23. The Morgan fingerprint density at radius 3 is 2.63 bits per heavy atom. The van der Waals surface area contributed by atoms with Gasteiger partial charge in [0.25, 0.3) is 5.88 Å². The highest BCUT2D eigenvalue weighted by atomic mass is 19.4. The van der Waals surface area contributed by atoms with Gasteiger partial charge in [0, 0.05) is 35.6 Å². The highest BCUT2D eigenvalue weighted by Crippen LogP contribution is 2.38. The van der Waals surface area contributed by atoms with E-state index in [9.17, 15) is 22.7 Å². The molecule has 0 spiro atoms. The molecule has 0 aromatic carbocycles. The van der Waals surface area contributed by atoms with E-state index in [1.54, 1.807) is 24.7 Å². The van der Waals surface area contributed by atoms with Crippen molar-refractivity contribution in [2.45, 2.75) is 56.7 Å². The molecular formula is C24H25F4N7O3. The first-order valence-corrected chi connectivity index (χ1v) is 12.0. The Morgan fingerprint density at radius 2 is 1.92 bits per heavy atom. The van der Waals surface area contributed by atoms with Gasteiger partial charge in [-0.2, -0.15) is 23.4 Å². The van der Waals surface area contributed by atoms with Crippen LogP contribution in [0.2, 0.25) is 0 Å². The number of pyridine rings is 2. The van der Waals surface area contributed by atoms with Crippen LogP contribution in [-0.2, 0) is 12.7 Å². The van der Waals surface area contributed by atoms with Crippen molar-refractivity contribution in [1.82, 2.24) is 29.5 Å². The van der Waals surface area contributed by atoms with Gasteiger partial charge in [0.15, 0.2) is 5.82 Å². The number of nitrogen functional groups attached to an aromatic ring is 1. The molecule has 10 nitrogen and oxygen atoms in total. The van der Waals surface area contributed by atoms with Crippen LogP contribution in [0.1, 0.15) is 37.3 Å². The van der Waals surface area contributed by atoms with Crippen LogP contribution in [-0.4, -0.2) is 58.6 Å². The second kappa shape index (κ2) is 10.2. The third-order valence-electron chi connectivity index (χ3n) is 6.56. The van der Waals surface area contributed by atoms with Gasteiger partial charge in [-0.15, -0.1) is 0 Å². The van der Waals surface area contributed by atoms with Gasteiger partial charge in [0.1, 0.15) is 17.6 Å². The van der Waals surface area contributed by atoms with E-state index in [0.717, 1.165) is 17.1 Å². The van der Waals surface area contributed by atoms with Crippen molar-refractivity contribution in [3.63, 3.8) is 0 Å². The van der Waals surface area contributed by atoms with Crippen LogP contribution >= 0.6 is 0 Å². The summed E-state index contributed by atoms with van der Waals surface area (Å²) in [5.74, 6) is -1.85. The van der Waals surface area contributed by atoms with Crippen molar-refractivity contribution in [3.8, 4) is 17.1 Å². The average molecular weight is 536 g/mol. The third kappa shape index (κ3) is 5.13. The van der Waals surface area contributed by atoms with E-state index in [2.05, 4.69) is 15.1 Å². The summed E-state index contributed by atoms with van der Waals surface area (Å²) in [6.45, 7) is -0.273. The maximum Gasteiger partial charge on any atom is 0.419 e. The summed E-state index contributed by atoms with van der Waals surface area (Å²) < 4.78 is 62.3. The zero-order chi connectivity index (χ0) is 27.0. The predicted molar refractivity (Wildman–Crippen MR) is 127 cm³/mol. The van der Waals surface area contributed by atoms with Gasteiger partial charge in [-0.3, -0.25) is 9.36 Å². The number of aliphatic hydroxyl groups is 2. The molecule has 1 unspecified atom stereocenters. The summed E-state index contributed by atoms with van der Waals surface area (Å²) in [5, 5.41) is 28.6. The molecule has 14 heteroatoms. The summed E-state index contributed by atoms with van der Waals surface area (Å²) in [6, 6.07) is 2.23. The number of nitrogens with two attached hydrogens (primary N) is 1. The molecule has 1 fully saturated rings. The number of anilines is 1. The zero-order valence-corrected chi connectivity index (χ0v) is 20.0. The van der Waals surface area contributed by atoms with Crippen LogP contribution in [0.25, 0.3) is 22.2 Å². The molecule has 1 aliphatic carbocycles. The minimum Gasteiger partial charge on any atom is -0.472 e. The lowest BCUT2D eigenvalue weighted by molar-refractivity contribution is -0.140. The number of aliphatic hydroxyl groups excluding tert-OH is 2. The Bertz CT molecular complexity index is 1430. The minimum atomic E-state index is -4.84. The van der Waals surface area contributed by atoms with Gasteiger partial charge in [0.05, 0.1) is 42.6 Å². The van der Waals surface area contributed by atoms with E-state index < -0.39 is 42.3 Å². The molecule has 38 heavy (non-hydrogen) atoms. The predicted octanol–water partition coefficient (Wildman–Crippen LogP) is 3.35. The molecule has 4 heterocycles. The molecule has 1 aliphatic rings. The maximum atomic E-state index is 14.4. The number of hydrogen-bond acceptors (Lipinski definition) is 8. The van der Waals surface area contributed by atoms with Crippen molar-refractivity contribution in [2.75, 3.05) is 12.3 Å². The molecule has 0 aliphatic heterocycles. The lowest BCUT2D eigenvalue weighted by Crippen LogP contribution is -2.27. The van der Waals surface area contributed by atoms with E-state index in [1.165, 1.54) is 4.68 Å². The molecular weight excluding hydrogens is 510 g/mol. The standard InChI is InChI=1S/C24H25F4N7O3/c25-21-18(24(26,27)28)5-6-30-23(21)38-16-3-1-14(2-4-16)35-19-7-20(29)31-9-17(19)22(33-35)13-8-32-34(10-13)11-15(37)12-36/h5-10,14-16,36-37H,1-4,11-12H2,(H2,29,31). The summed E-state index contributed by atoms with van der Waals surface area (Å²) in [5.41, 5.74) is 6.60. The number of ether oxygens (including phenoxy) is 1. The first kappa shape index (κ1) is 25.9. The van der Waals surface area contributed by atoms with E-state index in [4.69, 9.17) is 20.7 Å². The Labute approximate surface area is 213 Å². The van der Waals surface area contributed by atoms with Crippen molar-refractivity contribution in [1.29, 1.82) is 0 Å². The maximum absolute atomic E-state index is 14.4. The van der Waals surface area contributed by atoms with Gasteiger partial charge in [-0.25, -0.2) is 14.4 Å². The number of halogens is 4. The molecule has 0 amide bonds. The number of hydrogen-bond donors (Lipinski definition) is 3. The molecule has 4 aromatic rings. The molecule has 4 aromatic heterocycles. The zero-order valence-electron chi connectivity index (χ0n) is 20.0. The van der Waals surface area contributed by atoms with Crippen LogP contribution in [0.15, 0.2) is 36.9 Å². The smallest absolute Gasteiger partial charge is 0.419 e. The molecule has 202 valence electrons. The summed E-state index contributed by atoms with van der Waals surface area (Å²) in [7, 11) is 0. The van der Waals surface area contributed by atoms with Crippen LogP contribution in [0.3, 0.4) is 0 Å². The van der Waals surface area contributed by atoms with Crippen LogP contribution in [0, 0.1) is 5.82 Å². The summed E-state index contributed by atoms with van der Waals surface area (Å²) in [6.07, 6.45) is 1.60. The number of rotatable bonds is 7. The van der Waals surface area contributed by atoms with E-state index >= 15 is 0 Å². The van der Waals surface area contributed by atoms with Crippen molar-refractivity contribution in [2.24, 2.45) is 0 Å². The Balaban J connectivity index is 1.35. The van der Waals surface area contributed by atoms with Gasteiger partial charge in [-0.05, 0) is 31.7 Å². The highest BCUT2D eigenvalue weighted by Gasteiger charge is 2.36. The Kier molecular flexibility index (Phi) is 6.92. The molecule has 0 bridgehead atoms. The van der Waals surface area contributed by atoms with Crippen LogP contribution in [0.4, 0.5) is 23.4 Å². The Morgan fingerprint density at radius 1 is 1.16 bits per heavy atom. The molecule has 5 rings (SSSR count). The number of aromatic nitrogens is 6. The lowest BCUT2D eigenvalue weighted by atomic mass is 9.93. The normalized spacial score (nSPS) is 19.1. The summed E-state index contributed by atoms with van der Waals surface area (Å²) in [4.78, 5) is 7.86. The largest absolute Gasteiger partial charge is 0.472 e. The molecule has 4 N–H and O–H groups in total. The third-order valence-corrected chi connectivity index (χ3v) is 6.56. The quantitative estimate of drug-likeness (QED) is 0.307. The summed E-state index contributed by atoms with van der Waals surface area (Å²) >= 11 is 0. The van der Waals surface area contributed by atoms with Gasteiger partial charge in [0.2, 0.25) is 0 Å². The van der Waals surface area contributed by atoms with Gasteiger partial charge in [-0.1, -0.05) is 0 Å². The Hall–Kier alpha value is -3.78. The van der Waals surface area contributed by atoms with Crippen LogP contribution in [0.5, 0.6) is 5.88 Å². The highest BCUT2D eigenvalue weighted by molar-refractivity contribution is 5.93. The van der Waals surface area contributed by atoms with E-state index in [1.807, 2.05) is 4.68 Å². The minimum absolute atomic E-state index is 0.0709. The van der Waals surface area contributed by atoms with Gasteiger partial charge < -0.3 is 20.7 Å². The first-order chi connectivity index (χ1) is 18.1. The SMILES string of the molecule is Nc1cc2c(cn1)c(-c1cnn(CC(O)CO)c1)nn2C1CCC(Oc2nccc(C(F)(F)F)c2F)CC1. The van der Waals surface area contributed by atoms with Crippen molar-refractivity contribution < 1.29 is 32.5 Å². The first-order valence-electron chi connectivity index (χ1n) is 12.0. The molecule has 1 saturated carbocycles. The van der Waals surface area contributed by atoms with E-state index in [-0.39, 0.29) is 12.6 Å². The molecule has 0 saturated heterocycles. The average Bonchev–Trinajstić information content (AvgIpc) is 3.49. The van der Waals surface area contributed by atoms with Gasteiger partial charge >= 0.3 is 6.18 Å². The van der Waals surface area contributed by atoms with Crippen LogP contribution < -0.4 is 10.5 Å². The number of fused-ring (bicyclic) bond motifs is 1. The fourth-order valence-corrected chi connectivity index (χ4v) is 4.69. The number of nitrogens with zero attached hydrogens (tertiary/aromatic N) is 6. The second-order valence-corrected chi connectivity index (χ2v) is 9.23.